The molecule has 0 aliphatic heterocycles. The van der Waals surface area contributed by atoms with Crippen molar-refractivity contribution in [2.24, 2.45) is 0 Å². The van der Waals surface area contributed by atoms with E-state index in [4.69, 9.17) is 0 Å². The molecule has 5 nitrogen and oxygen atoms in total. The molecule has 0 saturated carbocycles. The van der Waals surface area contributed by atoms with E-state index in [9.17, 15) is 4.79 Å². The number of carbonyl (C=O) groups is 1. The van der Waals surface area contributed by atoms with Crippen LogP contribution in [0.3, 0.4) is 0 Å². The van der Waals surface area contributed by atoms with Gasteiger partial charge in [-0.1, -0.05) is 6.07 Å². The van der Waals surface area contributed by atoms with Crippen molar-refractivity contribution in [1.82, 2.24) is 20.3 Å². The molecule has 1 amide bonds. The molecule has 3 heterocycles. The molecule has 1 aliphatic carbocycles. The fourth-order valence-electron chi connectivity index (χ4n) is 3.04. The van der Waals surface area contributed by atoms with Gasteiger partial charge >= 0.3 is 0 Å². The number of nitrogens with one attached hydrogen (secondary N) is 1. The van der Waals surface area contributed by atoms with Gasteiger partial charge in [0.25, 0.3) is 0 Å². The number of thioether (sulfide) groups is 1. The molecule has 0 saturated heterocycles. The van der Waals surface area contributed by atoms with Gasteiger partial charge in [-0.25, -0.2) is 9.97 Å². The van der Waals surface area contributed by atoms with Crippen molar-refractivity contribution in [3.05, 3.63) is 46.9 Å². The van der Waals surface area contributed by atoms with Gasteiger partial charge in [-0.3, -0.25) is 9.78 Å². The average molecular weight is 371 g/mol. The zero-order valence-electron chi connectivity index (χ0n) is 13.7. The second kappa shape index (κ2) is 7.49. The van der Waals surface area contributed by atoms with Gasteiger partial charge in [0.2, 0.25) is 5.91 Å². The van der Waals surface area contributed by atoms with E-state index >= 15 is 0 Å². The maximum Gasteiger partial charge on any atom is 0.221 e. The summed E-state index contributed by atoms with van der Waals surface area (Å²) in [6.07, 6.45) is 9.13. The molecule has 7 heteroatoms. The van der Waals surface area contributed by atoms with Crippen molar-refractivity contribution in [1.29, 1.82) is 0 Å². The maximum atomic E-state index is 12.0. The Labute approximate surface area is 154 Å². The largest absolute Gasteiger partial charge is 0.352 e. The van der Waals surface area contributed by atoms with Crippen molar-refractivity contribution < 1.29 is 4.79 Å². The Bertz CT molecular complexity index is 895. The predicted octanol–water partition coefficient (Wildman–Crippen LogP) is 3.37. The number of nitrogens with zero attached hydrogens (tertiary/aromatic N) is 3. The quantitative estimate of drug-likeness (QED) is 0.532. The first-order valence-corrected chi connectivity index (χ1v) is 10.1. The minimum absolute atomic E-state index is 0.0530. The van der Waals surface area contributed by atoms with E-state index < -0.39 is 0 Å². The molecule has 0 radical (unpaired) electrons. The van der Waals surface area contributed by atoms with Crippen LogP contribution in [0.2, 0.25) is 0 Å². The summed E-state index contributed by atoms with van der Waals surface area (Å²) in [6, 6.07) is 3.83. The van der Waals surface area contributed by atoms with E-state index in [1.165, 1.54) is 22.2 Å². The van der Waals surface area contributed by atoms with Crippen LogP contribution in [0.5, 0.6) is 0 Å². The topological polar surface area (TPSA) is 67.8 Å². The van der Waals surface area contributed by atoms with Gasteiger partial charge in [0.1, 0.15) is 16.2 Å². The summed E-state index contributed by atoms with van der Waals surface area (Å²) < 4.78 is 0. The van der Waals surface area contributed by atoms with E-state index in [1.54, 1.807) is 41.8 Å². The van der Waals surface area contributed by atoms with Gasteiger partial charge < -0.3 is 5.32 Å². The maximum absolute atomic E-state index is 12.0. The van der Waals surface area contributed by atoms with Gasteiger partial charge in [-0.15, -0.1) is 23.1 Å². The highest BCUT2D eigenvalue weighted by Crippen LogP contribution is 2.40. The number of pyridine rings is 1. The zero-order valence-corrected chi connectivity index (χ0v) is 15.3. The van der Waals surface area contributed by atoms with Gasteiger partial charge in [0, 0.05) is 41.4 Å². The fraction of sp³-hybridized carbons (Fsp3) is 0.333. The first kappa shape index (κ1) is 16.5. The van der Waals surface area contributed by atoms with Crippen molar-refractivity contribution in [2.45, 2.75) is 37.3 Å². The smallest absolute Gasteiger partial charge is 0.221 e. The number of aromatic nitrogens is 3. The predicted molar refractivity (Wildman–Crippen MR) is 101 cm³/mol. The van der Waals surface area contributed by atoms with Crippen molar-refractivity contribution >= 4 is 39.2 Å². The summed E-state index contributed by atoms with van der Waals surface area (Å²) in [5.74, 6) is 0.771. The molecular weight excluding hydrogens is 352 g/mol. The lowest BCUT2D eigenvalue weighted by Crippen LogP contribution is -2.23. The van der Waals surface area contributed by atoms with E-state index in [1.807, 2.05) is 12.1 Å². The molecule has 0 atom stereocenters. The lowest BCUT2D eigenvalue weighted by molar-refractivity contribution is -0.120. The molecule has 4 rings (SSSR count). The van der Waals surface area contributed by atoms with Gasteiger partial charge in [0.15, 0.2) is 0 Å². The van der Waals surface area contributed by atoms with Crippen LogP contribution in [0, 0.1) is 0 Å². The Kier molecular flexibility index (Phi) is 4.94. The number of aryl methyl sites for hydroxylation is 2. The number of hydrogen-bond acceptors (Lipinski definition) is 6. The highest BCUT2D eigenvalue weighted by Gasteiger charge is 2.21. The van der Waals surface area contributed by atoms with Crippen molar-refractivity contribution in [3.8, 4) is 0 Å². The fourth-order valence-corrected chi connectivity index (χ4v) is 5.30. The first-order chi connectivity index (χ1) is 12.3. The van der Waals surface area contributed by atoms with Crippen LogP contribution in [-0.4, -0.2) is 26.6 Å². The zero-order chi connectivity index (χ0) is 17.1. The number of thiophene rings is 1. The summed E-state index contributed by atoms with van der Waals surface area (Å²) in [5, 5.41) is 5.18. The Balaban J connectivity index is 1.34. The summed E-state index contributed by atoms with van der Waals surface area (Å²) in [4.78, 5) is 27.5. The number of rotatable bonds is 6. The molecule has 1 aliphatic rings. The van der Waals surface area contributed by atoms with Crippen LogP contribution in [-0.2, 0) is 24.2 Å². The number of carbonyl (C=O) groups excluding carboxylic acids is 1. The van der Waals surface area contributed by atoms with E-state index in [-0.39, 0.29) is 5.91 Å². The van der Waals surface area contributed by atoms with E-state index in [0.717, 1.165) is 34.0 Å². The standard InChI is InChI=1S/C18H18N4OS2/c23-15(20-10-12-3-2-7-19-9-12)6-8-24-17-16-13-4-1-5-14(13)25-18(16)22-11-21-17/h2-3,7,9,11H,1,4-6,8,10H2,(H,20,23). The molecule has 0 spiro atoms. The summed E-state index contributed by atoms with van der Waals surface area (Å²) in [5.41, 5.74) is 2.44. The molecular formula is C18H18N4OS2. The van der Waals surface area contributed by atoms with Crippen molar-refractivity contribution in [2.75, 3.05) is 5.75 Å². The first-order valence-electron chi connectivity index (χ1n) is 8.35. The molecule has 3 aromatic rings. The van der Waals surface area contributed by atoms with Crippen LogP contribution < -0.4 is 5.32 Å². The van der Waals surface area contributed by atoms with Crippen LogP contribution in [0.25, 0.3) is 10.2 Å². The lowest BCUT2D eigenvalue weighted by Gasteiger charge is -2.06. The third kappa shape index (κ3) is 3.67. The molecule has 0 unspecified atom stereocenters. The monoisotopic (exact) mass is 370 g/mol. The third-order valence-corrected chi connectivity index (χ3v) is 6.44. The lowest BCUT2D eigenvalue weighted by atomic mass is 10.2. The number of hydrogen-bond donors (Lipinski definition) is 1. The van der Waals surface area contributed by atoms with Gasteiger partial charge in [-0.2, -0.15) is 0 Å². The Morgan fingerprint density at radius 3 is 3.16 bits per heavy atom. The van der Waals surface area contributed by atoms with Crippen LogP contribution >= 0.6 is 23.1 Å². The van der Waals surface area contributed by atoms with E-state index in [2.05, 4.69) is 20.3 Å². The van der Waals surface area contributed by atoms with Crippen LogP contribution in [0.15, 0.2) is 35.9 Å². The molecule has 25 heavy (non-hydrogen) atoms. The molecule has 3 aromatic heterocycles. The summed E-state index contributed by atoms with van der Waals surface area (Å²) >= 11 is 3.45. The Hall–Kier alpha value is -1.99. The van der Waals surface area contributed by atoms with Gasteiger partial charge in [-0.05, 0) is 36.5 Å². The van der Waals surface area contributed by atoms with E-state index in [0.29, 0.717) is 13.0 Å². The van der Waals surface area contributed by atoms with Gasteiger partial charge in [0.05, 0.1) is 0 Å². The van der Waals surface area contributed by atoms with Crippen molar-refractivity contribution in [3.63, 3.8) is 0 Å². The second-order valence-corrected chi connectivity index (χ2v) is 8.12. The molecule has 0 fully saturated rings. The summed E-state index contributed by atoms with van der Waals surface area (Å²) in [6.45, 7) is 0.521. The average Bonchev–Trinajstić information content (AvgIpc) is 3.22. The Morgan fingerprint density at radius 1 is 1.32 bits per heavy atom. The normalized spacial score (nSPS) is 13.1. The molecule has 1 N–H and O–H groups in total. The minimum atomic E-state index is 0.0530. The SMILES string of the molecule is O=C(CCSc1ncnc2sc3c(c12)CCC3)NCc1cccnc1. The highest BCUT2D eigenvalue weighted by atomic mass is 32.2. The molecule has 0 bridgehead atoms. The third-order valence-electron chi connectivity index (χ3n) is 4.25. The number of amides is 1. The molecule has 128 valence electrons. The Morgan fingerprint density at radius 2 is 2.28 bits per heavy atom. The molecule has 0 aromatic carbocycles. The number of fused-ring (bicyclic) bond motifs is 3. The minimum Gasteiger partial charge on any atom is -0.352 e. The van der Waals surface area contributed by atoms with Crippen LogP contribution in [0.4, 0.5) is 0 Å². The highest BCUT2D eigenvalue weighted by molar-refractivity contribution is 7.99. The summed E-state index contributed by atoms with van der Waals surface area (Å²) in [7, 11) is 0. The second-order valence-electron chi connectivity index (χ2n) is 5.95. The van der Waals surface area contributed by atoms with Crippen LogP contribution in [0.1, 0.15) is 28.8 Å².